The molecule has 0 radical (unpaired) electrons. The Balaban J connectivity index is 1.77. The van der Waals surface area contributed by atoms with Crippen LogP contribution in [0.15, 0.2) is 16.9 Å². The standard InChI is InChI=1S/C24H40N4O/c1-4-5-6-7-8-9-10-11-12-13-14-26-20-17-22-21(16-19(20)25)28-24(29)23(27-22)15-18(2)3/h16-18,26H,4-15,25H2,1-3H3,(H,28,29). The van der Waals surface area contributed by atoms with Crippen LogP contribution < -0.4 is 16.6 Å². The number of rotatable bonds is 14. The van der Waals surface area contributed by atoms with Crippen LogP contribution in [0.2, 0.25) is 0 Å². The van der Waals surface area contributed by atoms with Crippen molar-refractivity contribution in [2.75, 3.05) is 17.6 Å². The molecule has 5 heteroatoms. The summed E-state index contributed by atoms with van der Waals surface area (Å²) in [7, 11) is 0. The average Bonchev–Trinajstić information content (AvgIpc) is 2.67. The molecule has 0 atom stereocenters. The number of benzene rings is 1. The van der Waals surface area contributed by atoms with Gasteiger partial charge in [0.15, 0.2) is 0 Å². The molecule has 0 fully saturated rings. The van der Waals surface area contributed by atoms with Crippen molar-refractivity contribution in [1.29, 1.82) is 0 Å². The van der Waals surface area contributed by atoms with E-state index in [0.29, 0.717) is 29.2 Å². The summed E-state index contributed by atoms with van der Waals surface area (Å²) < 4.78 is 0. The smallest absolute Gasteiger partial charge is 0.270 e. The summed E-state index contributed by atoms with van der Waals surface area (Å²) in [6.45, 7) is 7.36. The number of H-pyrrole nitrogens is 1. The van der Waals surface area contributed by atoms with Crippen LogP contribution in [0, 0.1) is 5.92 Å². The van der Waals surface area contributed by atoms with Gasteiger partial charge in [0.2, 0.25) is 0 Å². The lowest BCUT2D eigenvalue weighted by Crippen LogP contribution is -2.17. The first-order valence-electron chi connectivity index (χ1n) is 11.6. The van der Waals surface area contributed by atoms with E-state index in [1.807, 2.05) is 12.1 Å². The Morgan fingerprint density at radius 1 is 1.00 bits per heavy atom. The zero-order chi connectivity index (χ0) is 21.1. The Kier molecular flexibility index (Phi) is 10.0. The normalized spacial score (nSPS) is 11.4. The predicted octanol–water partition coefficient (Wildman–Crippen LogP) is 6.04. The minimum atomic E-state index is -0.114. The third-order valence-corrected chi connectivity index (χ3v) is 5.38. The predicted molar refractivity (Wildman–Crippen MR) is 126 cm³/mol. The van der Waals surface area contributed by atoms with Gasteiger partial charge in [-0.3, -0.25) is 4.79 Å². The molecule has 0 bridgehead atoms. The van der Waals surface area contributed by atoms with E-state index in [9.17, 15) is 4.79 Å². The molecule has 4 N–H and O–H groups in total. The Morgan fingerprint density at radius 3 is 2.24 bits per heavy atom. The van der Waals surface area contributed by atoms with Gasteiger partial charge in [-0.25, -0.2) is 4.98 Å². The van der Waals surface area contributed by atoms with E-state index in [0.717, 1.165) is 24.2 Å². The highest BCUT2D eigenvalue weighted by molar-refractivity contribution is 5.86. The third-order valence-electron chi connectivity index (χ3n) is 5.38. The first-order chi connectivity index (χ1) is 14.0. The molecule has 5 nitrogen and oxygen atoms in total. The first kappa shape index (κ1) is 23.2. The summed E-state index contributed by atoms with van der Waals surface area (Å²) in [6.07, 6.45) is 14.0. The SMILES string of the molecule is CCCCCCCCCCCCNc1cc2nc(CC(C)C)c(=O)[nH]c2cc1N. The minimum Gasteiger partial charge on any atom is -0.397 e. The summed E-state index contributed by atoms with van der Waals surface area (Å²) in [5.74, 6) is 0.392. The summed E-state index contributed by atoms with van der Waals surface area (Å²) in [6, 6.07) is 3.77. The van der Waals surface area contributed by atoms with Gasteiger partial charge in [-0.15, -0.1) is 0 Å². The van der Waals surface area contributed by atoms with Crippen molar-refractivity contribution >= 4 is 22.4 Å². The van der Waals surface area contributed by atoms with E-state index in [1.165, 1.54) is 57.8 Å². The number of aromatic nitrogens is 2. The molecule has 0 unspecified atom stereocenters. The van der Waals surface area contributed by atoms with Gasteiger partial charge in [0.1, 0.15) is 5.69 Å². The quantitative estimate of drug-likeness (QED) is 0.267. The molecule has 0 amide bonds. The summed E-state index contributed by atoms with van der Waals surface area (Å²) in [5, 5.41) is 3.45. The molecule has 29 heavy (non-hydrogen) atoms. The highest BCUT2D eigenvalue weighted by atomic mass is 16.1. The van der Waals surface area contributed by atoms with Crippen molar-refractivity contribution in [3.63, 3.8) is 0 Å². The molecule has 0 aliphatic heterocycles. The van der Waals surface area contributed by atoms with Crippen LogP contribution in [0.1, 0.15) is 90.7 Å². The van der Waals surface area contributed by atoms with E-state index in [2.05, 4.69) is 36.1 Å². The average molecular weight is 401 g/mol. The lowest BCUT2D eigenvalue weighted by Gasteiger charge is -2.11. The zero-order valence-electron chi connectivity index (χ0n) is 18.7. The lowest BCUT2D eigenvalue weighted by molar-refractivity contribution is 0.560. The van der Waals surface area contributed by atoms with Crippen molar-refractivity contribution in [1.82, 2.24) is 9.97 Å². The minimum absolute atomic E-state index is 0.114. The van der Waals surface area contributed by atoms with Crippen molar-refractivity contribution in [2.45, 2.75) is 91.4 Å². The monoisotopic (exact) mass is 400 g/mol. The highest BCUT2D eigenvalue weighted by Gasteiger charge is 2.09. The number of unbranched alkanes of at least 4 members (excludes halogenated alkanes) is 9. The second-order valence-electron chi connectivity index (χ2n) is 8.68. The number of nitrogens with one attached hydrogen (secondary N) is 2. The van der Waals surface area contributed by atoms with E-state index in [-0.39, 0.29) is 5.56 Å². The number of nitrogens with zero attached hydrogens (tertiary/aromatic N) is 1. The molecule has 2 aromatic rings. The molecule has 0 saturated heterocycles. The van der Waals surface area contributed by atoms with Crippen LogP contribution in [0.5, 0.6) is 0 Å². The Labute approximate surface area is 175 Å². The number of anilines is 2. The lowest BCUT2D eigenvalue weighted by atomic mass is 10.1. The number of hydrogen-bond donors (Lipinski definition) is 3. The Hall–Kier alpha value is -2.04. The van der Waals surface area contributed by atoms with Gasteiger partial charge in [0.25, 0.3) is 5.56 Å². The van der Waals surface area contributed by atoms with Gasteiger partial charge in [-0.1, -0.05) is 78.6 Å². The van der Waals surface area contributed by atoms with Crippen LogP contribution in [-0.2, 0) is 6.42 Å². The first-order valence-corrected chi connectivity index (χ1v) is 11.6. The summed E-state index contributed by atoms with van der Waals surface area (Å²) >= 11 is 0. The molecule has 1 aromatic heterocycles. The van der Waals surface area contributed by atoms with Crippen LogP contribution in [0.3, 0.4) is 0 Å². The van der Waals surface area contributed by atoms with Gasteiger partial charge in [-0.05, 0) is 30.9 Å². The third kappa shape index (κ3) is 8.08. The summed E-state index contributed by atoms with van der Waals surface area (Å²) in [5.41, 5.74) is 9.70. The molecule has 0 aliphatic rings. The number of nitrogen functional groups attached to an aromatic ring is 1. The molecule has 0 saturated carbocycles. The Bertz CT molecular complexity index is 797. The van der Waals surface area contributed by atoms with Crippen molar-refractivity contribution in [3.8, 4) is 0 Å². The van der Waals surface area contributed by atoms with Crippen molar-refractivity contribution in [3.05, 3.63) is 28.2 Å². The molecule has 1 aromatic carbocycles. The fraction of sp³-hybridized carbons (Fsp3) is 0.667. The molecule has 0 aliphatic carbocycles. The molecular weight excluding hydrogens is 360 g/mol. The van der Waals surface area contributed by atoms with Gasteiger partial charge < -0.3 is 16.0 Å². The molecule has 2 rings (SSSR count). The molecule has 0 spiro atoms. The summed E-state index contributed by atoms with van der Waals surface area (Å²) in [4.78, 5) is 19.7. The van der Waals surface area contributed by atoms with E-state index in [1.54, 1.807) is 0 Å². The fourth-order valence-corrected chi connectivity index (χ4v) is 3.70. The van der Waals surface area contributed by atoms with Crippen LogP contribution >= 0.6 is 0 Å². The Morgan fingerprint density at radius 2 is 1.62 bits per heavy atom. The van der Waals surface area contributed by atoms with Crippen LogP contribution in [-0.4, -0.2) is 16.5 Å². The second kappa shape index (κ2) is 12.5. The molecule has 162 valence electrons. The maximum Gasteiger partial charge on any atom is 0.270 e. The highest BCUT2D eigenvalue weighted by Crippen LogP contribution is 2.24. The van der Waals surface area contributed by atoms with E-state index >= 15 is 0 Å². The van der Waals surface area contributed by atoms with Crippen LogP contribution in [0.4, 0.5) is 11.4 Å². The van der Waals surface area contributed by atoms with Gasteiger partial charge in [0.05, 0.1) is 22.4 Å². The maximum atomic E-state index is 12.2. The van der Waals surface area contributed by atoms with E-state index in [4.69, 9.17) is 5.73 Å². The fourth-order valence-electron chi connectivity index (χ4n) is 3.70. The molecule has 1 heterocycles. The molecular formula is C24H40N4O. The van der Waals surface area contributed by atoms with Crippen LogP contribution in [0.25, 0.3) is 11.0 Å². The zero-order valence-corrected chi connectivity index (χ0v) is 18.7. The van der Waals surface area contributed by atoms with Crippen molar-refractivity contribution < 1.29 is 0 Å². The second-order valence-corrected chi connectivity index (χ2v) is 8.68. The van der Waals surface area contributed by atoms with Gasteiger partial charge in [0, 0.05) is 6.54 Å². The number of hydrogen-bond acceptors (Lipinski definition) is 4. The van der Waals surface area contributed by atoms with Gasteiger partial charge in [-0.2, -0.15) is 0 Å². The maximum absolute atomic E-state index is 12.2. The van der Waals surface area contributed by atoms with Gasteiger partial charge >= 0.3 is 0 Å². The van der Waals surface area contributed by atoms with Crippen molar-refractivity contribution in [2.24, 2.45) is 5.92 Å². The number of nitrogens with two attached hydrogens (primary N) is 1. The number of fused-ring (bicyclic) bond motifs is 1. The largest absolute Gasteiger partial charge is 0.397 e. The van der Waals surface area contributed by atoms with E-state index < -0.39 is 0 Å². The number of aromatic amines is 1. The topological polar surface area (TPSA) is 83.8 Å².